The molecule has 1 rings (SSSR count). The average molecular weight is 267 g/mol. The summed E-state index contributed by atoms with van der Waals surface area (Å²) in [6, 6.07) is 2.88. The quantitative estimate of drug-likeness (QED) is 0.706. The molecule has 0 saturated heterocycles. The average Bonchev–Trinajstić information content (AvgIpc) is 2.12. The van der Waals surface area contributed by atoms with Crippen molar-refractivity contribution >= 4 is 15.9 Å². The molecule has 0 bridgehead atoms. The first kappa shape index (κ1) is 11.6. The van der Waals surface area contributed by atoms with E-state index >= 15 is 0 Å². The molecular formula is C10H10BrF3. The highest BCUT2D eigenvalue weighted by molar-refractivity contribution is 9.09. The first-order valence-corrected chi connectivity index (χ1v) is 5.04. The van der Waals surface area contributed by atoms with Gasteiger partial charge in [0.25, 0.3) is 6.43 Å². The number of hydrogen-bond acceptors (Lipinski definition) is 0. The van der Waals surface area contributed by atoms with Crippen LogP contribution in [0, 0.1) is 19.7 Å². The summed E-state index contributed by atoms with van der Waals surface area (Å²) < 4.78 is 37.8. The van der Waals surface area contributed by atoms with Gasteiger partial charge in [-0.3, -0.25) is 0 Å². The van der Waals surface area contributed by atoms with E-state index in [0.29, 0.717) is 16.7 Å². The maximum Gasteiger partial charge on any atom is 0.255 e. The molecule has 1 aromatic rings. The van der Waals surface area contributed by atoms with E-state index in [9.17, 15) is 13.2 Å². The molecule has 0 aromatic heterocycles. The van der Waals surface area contributed by atoms with E-state index < -0.39 is 11.3 Å². The van der Waals surface area contributed by atoms with E-state index in [2.05, 4.69) is 15.9 Å². The van der Waals surface area contributed by atoms with Gasteiger partial charge in [0.05, 0.1) is 0 Å². The Morgan fingerprint density at radius 1 is 1.14 bits per heavy atom. The highest BCUT2D eigenvalue weighted by Crippen LogP contribution is 2.31. The van der Waals surface area contributed by atoms with Crippen LogP contribution in [0.2, 0.25) is 0 Å². The Balaban J connectivity index is 3.12. The summed E-state index contributed by atoms with van der Waals surface area (Å²) in [6.07, 6.45) is -2.49. The van der Waals surface area contributed by atoms with E-state index in [1.165, 1.54) is 12.1 Å². The van der Waals surface area contributed by atoms with Gasteiger partial charge in [0.1, 0.15) is 10.6 Å². The second-order valence-corrected chi connectivity index (χ2v) is 4.19. The van der Waals surface area contributed by atoms with Crippen molar-refractivity contribution in [2.75, 3.05) is 0 Å². The highest BCUT2D eigenvalue weighted by atomic mass is 79.9. The largest absolute Gasteiger partial charge is 0.255 e. The molecule has 0 aliphatic carbocycles. The Bertz CT molecular complexity index is 313. The molecule has 0 nitrogen and oxygen atoms in total. The van der Waals surface area contributed by atoms with Crippen LogP contribution in [-0.4, -0.2) is 6.43 Å². The van der Waals surface area contributed by atoms with E-state index in [1.54, 1.807) is 13.8 Å². The number of alkyl halides is 3. The van der Waals surface area contributed by atoms with Crippen LogP contribution in [0.5, 0.6) is 0 Å². The van der Waals surface area contributed by atoms with E-state index in [0.717, 1.165) is 0 Å². The van der Waals surface area contributed by atoms with Gasteiger partial charge in [-0.25, -0.2) is 13.2 Å². The van der Waals surface area contributed by atoms with Crippen LogP contribution >= 0.6 is 15.9 Å². The zero-order valence-electron chi connectivity index (χ0n) is 7.82. The van der Waals surface area contributed by atoms with Crippen molar-refractivity contribution in [2.24, 2.45) is 0 Å². The highest BCUT2D eigenvalue weighted by Gasteiger charge is 2.20. The van der Waals surface area contributed by atoms with Gasteiger partial charge >= 0.3 is 0 Å². The molecule has 0 aliphatic rings. The van der Waals surface area contributed by atoms with Gasteiger partial charge in [-0.1, -0.05) is 28.1 Å². The zero-order chi connectivity index (χ0) is 10.9. The molecule has 1 unspecified atom stereocenters. The van der Waals surface area contributed by atoms with Gasteiger partial charge in [0.2, 0.25) is 0 Å². The molecule has 0 spiro atoms. The van der Waals surface area contributed by atoms with Crippen molar-refractivity contribution < 1.29 is 13.2 Å². The zero-order valence-corrected chi connectivity index (χ0v) is 9.41. The standard InChI is InChI=1S/C10H10BrF3/c1-5-3-7(8(11)10(13)14)4-6(2)9(5)12/h3-4,8,10H,1-2H3. The van der Waals surface area contributed by atoms with E-state index in [1.807, 2.05) is 0 Å². The van der Waals surface area contributed by atoms with Gasteiger partial charge in [-0.05, 0) is 30.5 Å². The van der Waals surface area contributed by atoms with Crippen LogP contribution < -0.4 is 0 Å². The number of hydrogen-bond donors (Lipinski definition) is 0. The van der Waals surface area contributed by atoms with Gasteiger partial charge < -0.3 is 0 Å². The SMILES string of the molecule is Cc1cc(C(Br)C(F)F)cc(C)c1F. The summed E-state index contributed by atoms with van der Waals surface area (Å²) in [7, 11) is 0. The summed E-state index contributed by atoms with van der Waals surface area (Å²) >= 11 is 2.87. The molecular weight excluding hydrogens is 257 g/mol. The molecule has 0 aliphatic heterocycles. The fraction of sp³-hybridized carbons (Fsp3) is 0.400. The van der Waals surface area contributed by atoms with Crippen molar-refractivity contribution in [1.82, 2.24) is 0 Å². The maximum atomic E-state index is 13.2. The maximum absolute atomic E-state index is 13.2. The topological polar surface area (TPSA) is 0 Å². The normalized spacial score (nSPS) is 13.4. The number of rotatable bonds is 2. The molecule has 78 valence electrons. The fourth-order valence-electron chi connectivity index (χ4n) is 1.28. The monoisotopic (exact) mass is 266 g/mol. The van der Waals surface area contributed by atoms with Gasteiger partial charge in [0, 0.05) is 0 Å². The van der Waals surface area contributed by atoms with Gasteiger partial charge in [0.15, 0.2) is 0 Å². The third-order valence-electron chi connectivity index (χ3n) is 2.00. The lowest BCUT2D eigenvalue weighted by atomic mass is 10.0. The second kappa shape index (κ2) is 4.34. The minimum atomic E-state index is -2.49. The minimum absolute atomic E-state index is 0.331. The Labute approximate surface area is 89.3 Å². The minimum Gasteiger partial charge on any atom is -0.209 e. The first-order valence-electron chi connectivity index (χ1n) is 4.12. The van der Waals surface area contributed by atoms with Crippen LogP contribution in [0.1, 0.15) is 21.5 Å². The summed E-state index contributed by atoms with van der Waals surface area (Å²) in [5, 5.41) is 0. The number of benzene rings is 1. The summed E-state index contributed by atoms with van der Waals surface area (Å²) in [4.78, 5) is -1.03. The molecule has 1 atom stereocenters. The number of halogens is 4. The van der Waals surface area contributed by atoms with Crippen LogP contribution in [-0.2, 0) is 0 Å². The van der Waals surface area contributed by atoms with Crippen molar-refractivity contribution in [3.8, 4) is 0 Å². The van der Waals surface area contributed by atoms with Crippen LogP contribution in [0.3, 0.4) is 0 Å². The Morgan fingerprint density at radius 2 is 1.57 bits per heavy atom. The molecule has 0 amide bonds. The van der Waals surface area contributed by atoms with Crippen LogP contribution in [0.25, 0.3) is 0 Å². The fourth-order valence-corrected chi connectivity index (χ4v) is 1.55. The smallest absolute Gasteiger partial charge is 0.209 e. The summed E-state index contributed by atoms with van der Waals surface area (Å²) in [6.45, 7) is 3.13. The molecule has 0 fully saturated rings. The predicted octanol–water partition coefficient (Wildman–Crippen LogP) is 4.14. The van der Waals surface area contributed by atoms with Gasteiger partial charge in [-0.2, -0.15) is 0 Å². The molecule has 0 heterocycles. The Hall–Kier alpha value is -0.510. The molecule has 14 heavy (non-hydrogen) atoms. The molecule has 0 radical (unpaired) electrons. The van der Waals surface area contributed by atoms with Crippen molar-refractivity contribution in [1.29, 1.82) is 0 Å². The third kappa shape index (κ3) is 2.29. The number of aryl methyl sites for hydroxylation is 2. The molecule has 0 N–H and O–H groups in total. The lowest BCUT2D eigenvalue weighted by molar-refractivity contribution is 0.147. The molecule has 4 heteroatoms. The second-order valence-electron chi connectivity index (χ2n) is 3.20. The van der Waals surface area contributed by atoms with E-state index in [4.69, 9.17) is 0 Å². The van der Waals surface area contributed by atoms with Crippen LogP contribution in [0.4, 0.5) is 13.2 Å². The van der Waals surface area contributed by atoms with Gasteiger partial charge in [-0.15, -0.1) is 0 Å². The lowest BCUT2D eigenvalue weighted by Gasteiger charge is -2.11. The summed E-state index contributed by atoms with van der Waals surface area (Å²) in [5.41, 5.74) is 1.20. The predicted molar refractivity (Wildman–Crippen MR) is 53.5 cm³/mol. The molecule has 0 saturated carbocycles. The van der Waals surface area contributed by atoms with Crippen molar-refractivity contribution in [3.05, 3.63) is 34.6 Å². The molecule has 1 aromatic carbocycles. The van der Waals surface area contributed by atoms with E-state index in [-0.39, 0.29) is 5.82 Å². The first-order chi connectivity index (χ1) is 6.43. The van der Waals surface area contributed by atoms with Crippen molar-refractivity contribution in [3.63, 3.8) is 0 Å². The Morgan fingerprint density at radius 3 is 1.93 bits per heavy atom. The van der Waals surface area contributed by atoms with Crippen molar-refractivity contribution in [2.45, 2.75) is 25.1 Å². The Kier molecular flexibility index (Phi) is 3.59. The third-order valence-corrected chi connectivity index (χ3v) is 2.93. The van der Waals surface area contributed by atoms with Crippen LogP contribution in [0.15, 0.2) is 12.1 Å². The lowest BCUT2D eigenvalue weighted by Crippen LogP contribution is -2.03. The summed E-state index contributed by atoms with van der Waals surface area (Å²) in [5.74, 6) is -0.331.